The van der Waals surface area contributed by atoms with E-state index < -0.39 is 19.0 Å². The van der Waals surface area contributed by atoms with Crippen molar-refractivity contribution in [2.24, 2.45) is 5.73 Å². The van der Waals surface area contributed by atoms with Crippen molar-refractivity contribution in [1.29, 1.82) is 0 Å². The second-order valence-electron chi connectivity index (χ2n) is 5.46. The summed E-state index contributed by atoms with van der Waals surface area (Å²) in [5.41, 5.74) is 6.04. The molecular formula is C14H15BN4O5S. The number of nitrogens with two attached hydrogens (primary N) is 1. The highest BCUT2D eigenvalue weighted by molar-refractivity contribution is 7.11. The van der Waals surface area contributed by atoms with Crippen molar-refractivity contribution in [2.45, 2.75) is 25.3 Å². The number of amides is 1. The number of hydrogen-bond acceptors (Lipinski definition) is 8. The molecule has 0 aliphatic carbocycles. The molecule has 25 heavy (non-hydrogen) atoms. The number of hydrogen-bond donors (Lipinski definition) is 4. The number of aromatic carboxylic acids is 1. The standard InChI is InChI=1S/C14H15BN4O5S/c16-6-12-19-18-11(25-12)5-10(20)17-9-4-7-2-1-3-8(14(21)22)13(7)24-15(9)23/h1-3,9,23H,4-6,16H2,(H,17,20)(H,21,22). The van der Waals surface area contributed by atoms with Crippen molar-refractivity contribution in [3.8, 4) is 5.75 Å². The molecule has 1 aromatic heterocycles. The van der Waals surface area contributed by atoms with Crippen LogP contribution in [-0.2, 0) is 24.2 Å². The van der Waals surface area contributed by atoms with Crippen LogP contribution in [0.15, 0.2) is 18.2 Å². The first kappa shape index (κ1) is 17.3. The molecule has 0 saturated carbocycles. The topological polar surface area (TPSA) is 148 Å². The molecular weight excluding hydrogens is 347 g/mol. The zero-order valence-electron chi connectivity index (χ0n) is 13.0. The highest BCUT2D eigenvalue weighted by Gasteiger charge is 2.37. The van der Waals surface area contributed by atoms with E-state index in [9.17, 15) is 19.7 Å². The van der Waals surface area contributed by atoms with E-state index >= 15 is 0 Å². The molecule has 130 valence electrons. The molecule has 1 aliphatic heterocycles. The molecule has 0 saturated heterocycles. The van der Waals surface area contributed by atoms with Gasteiger partial charge < -0.3 is 25.8 Å². The van der Waals surface area contributed by atoms with Gasteiger partial charge >= 0.3 is 13.1 Å². The Balaban J connectivity index is 1.68. The fourth-order valence-electron chi connectivity index (χ4n) is 2.55. The number of para-hydroxylation sites is 1. The predicted molar refractivity (Wildman–Crippen MR) is 89.1 cm³/mol. The van der Waals surface area contributed by atoms with Crippen LogP contribution < -0.4 is 15.7 Å². The Morgan fingerprint density at radius 1 is 1.40 bits per heavy atom. The summed E-state index contributed by atoms with van der Waals surface area (Å²) < 4.78 is 5.33. The van der Waals surface area contributed by atoms with E-state index in [0.29, 0.717) is 15.6 Å². The van der Waals surface area contributed by atoms with Gasteiger partial charge in [0.25, 0.3) is 0 Å². The first-order valence-electron chi connectivity index (χ1n) is 7.48. The van der Waals surface area contributed by atoms with Gasteiger partial charge in [-0.15, -0.1) is 10.2 Å². The largest absolute Gasteiger partial charge is 0.547 e. The smallest absolute Gasteiger partial charge is 0.534 e. The van der Waals surface area contributed by atoms with E-state index in [-0.39, 0.29) is 36.6 Å². The molecule has 1 aromatic carbocycles. The van der Waals surface area contributed by atoms with Gasteiger partial charge in [-0.05, 0) is 18.1 Å². The Hall–Kier alpha value is -2.50. The third kappa shape index (κ3) is 3.78. The number of carboxylic acids is 1. The summed E-state index contributed by atoms with van der Waals surface area (Å²) in [4.78, 5) is 23.4. The lowest BCUT2D eigenvalue weighted by Crippen LogP contribution is -2.53. The first-order valence-corrected chi connectivity index (χ1v) is 8.30. The molecule has 0 fully saturated rings. The number of benzene rings is 1. The molecule has 11 heteroatoms. The highest BCUT2D eigenvalue weighted by Crippen LogP contribution is 2.30. The number of carbonyl (C=O) groups is 2. The van der Waals surface area contributed by atoms with Crippen LogP contribution >= 0.6 is 11.3 Å². The fraction of sp³-hybridized carbons (Fsp3) is 0.286. The second kappa shape index (κ2) is 7.17. The van der Waals surface area contributed by atoms with Gasteiger partial charge in [0.05, 0.1) is 17.9 Å². The first-order chi connectivity index (χ1) is 12.0. The maximum atomic E-state index is 12.1. The van der Waals surface area contributed by atoms with Crippen LogP contribution in [0.4, 0.5) is 0 Å². The minimum atomic E-state index is -1.34. The van der Waals surface area contributed by atoms with Crippen molar-refractivity contribution in [2.75, 3.05) is 0 Å². The van der Waals surface area contributed by atoms with Gasteiger partial charge in [-0.25, -0.2) is 4.79 Å². The Morgan fingerprint density at radius 3 is 2.84 bits per heavy atom. The lowest BCUT2D eigenvalue weighted by molar-refractivity contribution is -0.120. The summed E-state index contributed by atoms with van der Waals surface area (Å²) >= 11 is 1.25. The lowest BCUT2D eigenvalue weighted by atomic mass is 9.72. The van der Waals surface area contributed by atoms with Gasteiger partial charge in [0.1, 0.15) is 15.8 Å². The quantitative estimate of drug-likeness (QED) is 0.514. The van der Waals surface area contributed by atoms with E-state index in [1.165, 1.54) is 17.4 Å². The predicted octanol–water partition coefficient (Wildman–Crippen LogP) is -0.623. The van der Waals surface area contributed by atoms with E-state index in [2.05, 4.69) is 15.5 Å². The zero-order valence-corrected chi connectivity index (χ0v) is 13.8. The summed E-state index contributed by atoms with van der Waals surface area (Å²) in [6, 6.07) is 4.69. The van der Waals surface area contributed by atoms with E-state index in [1.807, 2.05) is 0 Å². The Morgan fingerprint density at radius 2 is 2.16 bits per heavy atom. The molecule has 1 aliphatic rings. The minimum absolute atomic E-state index is 0.0168. The van der Waals surface area contributed by atoms with Crippen molar-refractivity contribution in [3.63, 3.8) is 0 Å². The Kier molecular flexibility index (Phi) is 4.97. The van der Waals surface area contributed by atoms with Crippen molar-refractivity contribution >= 4 is 30.3 Å². The van der Waals surface area contributed by atoms with Gasteiger partial charge in [-0.1, -0.05) is 23.5 Å². The molecule has 9 nitrogen and oxygen atoms in total. The third-order valence-electron chi connectivity index (χ3n) is 3.69. The summed E-state index contributed by atoms with van der Waals surface area (Å²) in [7, 11) is -1.34. The van der Waals surface area contributed by atoms with Crippen LogP contribution in [0, 0.1) is 0 Å². The molecule has 1 amide bonds. The molecule has 1 unspecified atom stereocenters. The monoisotopic (exact) mass is 362 g/mol. The summed E-state index contributed by atoms with van der Waals surface area (Å²) in [5.74, 6) is -2.04. The molecule has 1 atom stereocenters. The average Bonchev–Trinajstić information content (AvgIpc) is 3.02. The van der Waals surface area contributed by atoms with Crippen molar-refractivity contribution in [1.82, 2.24) is 15.5 Å². The van der Waals surface area contributed by atoms with Crippen LogP contribution in [0.1, 0.15) is 25.9 Å². The zero-order chi connectivity index (χ0) is 18.0. The molecule has 0 bridgehead atoms. The van der Waals surface area contributed by atoms with Crippen molar-refractivity contribution < 1.29 is 24.4 Å². The van der Waals surface area contributed by atoms with E-state index in [1.54, 1.807) is 12.1 Å². The van der Waals surface area contributed by atoms with Crippen LogP contribution in [0.25, 0.3) is 0 Å². The Bertz CT molecular complexity index is 814. The third-order valence-corrected chi connectivity index (χ3v) is 4.64. The lowest BCUT2D eigenvalue weighted by Gasteiger charge is -2.28. The normalized spacial score (nSPS) is 16.1. The van der Waals surface area contributed by atoms with Gasteiger partial charge in [-0.2, -0.15) is 0 Å². The summed E-state index contributed by atoms with van der Waals surface area (Å²) in [6.45, 7) is 0.261. The SMILES string of the molecule is NCc1nnc(CC(=O)NC2Cc3cccc(C(=O)O)c3OB2O)s1. The maximum absolute atomic E-state index is 12.1. The molecule has 2 aromatic rings. The number of nitrogens with one attached hydrogen (secondary N) is 1. The summed E-state index contributed by atoms with van der Waals surface area (Å²) in [6.07, 6.45) is 0.274. The molecule has 0 radical (unpaired) electrons. The van der Waals surface area contributed by atoms with E-state index in [0.717, 1.165) is 0 Å². The number of nitrogens with zero attached hydrogens (tertiary/aromatic N) is 2. The van der Waals surface area contributed by atoms with Crippen LogP contribution in [-0.4, -0.2) is 45.3 Å². The average molecular weight is 362 g/mol. The number of carbonyl (C=O) groups excluding carboxylic acids is 1. The second-order valence-corrected chi connectivity index (χ2v) is 6.60. The minimum Gasteiger partial charge on any atom is -0.534 e. The van der Waals surface area contributed by atoms with Crippen LogP contribution in [0.2, 0.25) is 0 Å². The fourth-order valence-corrected chi connectivity index (χ4v) is 3.28. The molecule has 2 heterocycles. The van der Waals surface area contributed by atoms with Gasteiger partial charge in [0, 0.05) is 6.54 Å². The van der Waals surface area contributed by atoms with Gasteiger partial charge in [0.15, 0.2) is 0 Å². The molecule has 5 N–H and O–H groups in total. The molecule has 3 rings (SSSR count). The number of fused-ring (bicyclic) bond motifs is 1. The summed E-state index contributed by atoms with van der Waals surface area (Å²) in [5, 5.41) is 30.8. The van der Waals surface area contributed by atoms with Gasteiger partial charge in [0.2, 0.25) is 5.91 Å². The highest BCUT2D eigenvalue weighted by atomic mass is 32.1. The number of rotatable bonds is 5. The molecule has 0 spiro atoms. The van der Waals surface area contributed by atoms with E-state index in [4.69, 9.17) is 10.4 Å². The van der Waals surface area contributed by atoms with Gasteiger partial charge in [-0.3, -0.25) is 4.79 Å². The van der Waals surface area contributed by atoms with Crippen LogP contribution in [0.5, 0.6) is 5.75 Å². The van der Waals surface area contributed by atoms with Crippen molar-refractivity contribution in [3.05, 3.63) is 39.3 Å². The van der Waals surface area contributed by atoms with Crippen LogP contribution in [0.3, 0.4) is 0 Å². The Labute approximate surface area is 147 Å². The number of aromatic nitrogens is 2. The maximum Gasteiger partial charge on any atom is 0.547 e. The number of carboxylic acid groups (broad SMARTS) is 1.